The fourth-order valence-electron chi connectivity index (χ4n) is 1.67. The molecule has 2 N–H and O–H groups in total. The molecule has 0 atom stereocenters. The molecule has 0 spiro atoms. The van der Waals surface area contributed by atoms with E-state index in [0.717, 1.165) is 17.9 Å². The van der Waals surface area contributed by atoms with Crippen LogP contribution in [-0.4, -0.2) is 17.6 Å². The Bertz CT molecular complexity index is 303. The van der Waals surface area contributed by atoms with Gasteiger partial charge in [0.2, 0.25) is 0 Å². The number of nitrogens with two attached hydrogens (primary N) is 1. The minimum absolute atomic E-state index is 0.471. The normalized spacial score (nSPS) is 11.2. The third kappa shape index (κ3) is 3.49. The Balaban J connectivity index is 2.84. The van der Waals surface area contributed by atoms with Crippen molar-refractivity contribution >= 4 is 5.82 Å². The molecular weight excluding hydrogens is 198 g/mol. The summed E-state index contributed by atoms with van der Waals surface area (Å²) < 4.78 is 0. The van der Waals surface area contributed by atoms with Crippen molar-refractivity contribution in [3.8, 4) is 0 Å². The number of anilines is 1. The minimum atomic E-state index is 0.471. The molecule has 0 aliphatic heterocycles. The first kappa shape index (κ1) is 13.0. The topological polar surface area (TPSA) is 42.1 Å². The lowest BCUT2D eigenvalue weighted by molar-refractivity contribution is 0.566. The lowest BCUT2D eigenvalue weighted by Crippen LogP contribution is -2.34. The molecule has 1 aromatic rings. The number of hydrogen-bond donors (Lipinski definition) is 1. The van der Waals surface area contributed by atoms with E-state index in [-0.39, 0.29) is 0 Å². The first-order valence-electron chi connectivity index (χ1n) is 5.96. The molecule has 0 aromatic carbocycles. The summed E-state index contributed by atoms with van der Waals surface area (Å²) in [6, 6.07) is 4.58. The SMILES string of the molecule is CC(C)CN(c1ccc(CN)cn1)C(C)C. The van der Waals surface area contributed by atoms with Gasteiger partial charge in [-0.1, -0.05) is 19.9 Å². The quantitative estimate of drug-likeness (QED) is 0.830. The van der Waals surface area contributed by atoms with Gasteiger partial charge in [-0.3, -0.25) is 0 Å². The maximum absolute atomic E-state index is 5.56. The molecule has 0 fully saturated rings. The Labute approximate surface area is 98.7 Å². The lowest BCUT2D eigenvalue weighted by atomic mass is 10.1. The first-order valence-corrected chi connectivity index (χ1v) is 5.96. The van der Waals surface area contributed by atoms with Gasteiger partial charge >= 0.3 is 0 Å². The zero-order chi connectivity index (χ0) is 12.1. The van der Waals surface area contributed by atoms with Crippen LogP contribution < -0.4 is 10.6 Å². The smallest absolute Gasteiger partial charge is 0.128 e. The monoisotopic (exact) mass is 221 g/mol. The largest absolute Gasteiger partial charge is 0.354 e. The molecule has 0 amide bonds. The molecular formula is C13H23N3. The molecule has 1 heterocycles. The highest BCUT2D eigenvalue weighted by Crippen LogP contribution is 2.16. The van der Waals surface area contributed by atoms with Gasteiger partial charge in [0.1, 0.15) is 5.82 Å². The van der Waals surface area contributed by atoms with Crippen LogP contribution in [0.2, 0.25) is 0 Å². The van der Waals surface area contributed by atoms with E-state index in [1.807, 2.05) is 6.20 Å². The number of nitrogens with zero attached hydrogens (tertiary/aromatic N) is 2. The van der Waals surface area contributed by atoms with Crippen LogP contribution in [-0.2, 0) is 6.54 Å². The van der Waals surface area contributed by atoms with Crippen LogP contribution >= 0.6 is 0 Å². The van der Waals surface area contributed by atoms with Gasteiger partial charge in [0, 0.05) is 25.3 Å². The molecule has 16 heavy (non-hydrogen) atoms. The molecule has 3 nitrogen and oxygen atoms in total. The maximum Gasteiger partial charge on any atom is 0.128 e. The summed E-state index contributed by atoms with van der Waals surface area (Å²) >= 11 is 0. The average Bonchev–Trinajstić information content (AvgIpc) is 2.25. The summed E-state index contributed by atoms with van der Waals surface area (Å²) in [5.41, 5.74) is 6.64. The summed E-state index contributed by atoms with van der Waals surface area (Å²) in [5.74, 6) is 1.68. The van der Waals surface area contributed by atoms with Gasteiger partial charge in [0.15, 0.2) is 0 Å². The summed E-state index contributed by atoms with van der Waals surface area (Å²) in [6.45, 7) is 10.4. The van der Waals surface area contributed by atoms with E-state index in [1.165, 1.54) is 0 Å². The predicted molar refractivity (Wildman–Crippen MR) is 69.4 cm³/mol. The number of hydrogen-bond acceptors (Lipinski definition) is 3. The van der Waals surface area contributed by atoms with Crippen molar-refractivity contribution < 1.29 is 0 Å². The van der Waals surface area contributed by atoms with Crippen molar-refractivity contribution in [2.24, 2.45) is 11.7 Å². The van der Waals surface area contributed by atoms with Gasteiger partial charge < -0.3 is 10.6 Å². The van der Waals surface area contributed by atoms with Gasteiger partial charge in [0.25, 0.3) is 0 Å². The molecule has 3 heteroatoms. The highest BCUT2D eigenvalue weighted by molar-refractivity contribution is 5.40. The first-order chi connectivity index (χ1) is 7.54. The molecule has 1 rings (SSSR count). The molecule has 0 unspecified atom stereocenters. The molecule has 0 saturated carbocycles. The van der Waals surface area contributed by atoms with E-state index in [9.17, 15) is 0 Å². The second-order valence-corrected chi connectivity index (χ2v) is 4.87. The van der Waals surface area contributed by atoms with Gasteiger partial charge in [-0.25, -0.2) is 4.98 Å². The van der Waals surface area contributed by atoms with Gasteiger partial charge in [0.05, 0.1) is 0 Å². The van der Waals surface area contributed by atoms with Gasteiger partial charge in [-0.15, -0.1) is 0 Å². The van der Waals surface area contributed by atoms with E-state index in [0.29, 0.717) is 18.5 Å². The average molecular weight is 221 g/mol. The van der Waals surface area contributed by atoms with E-state index in [1.54, 1.807) is 0 Å². The van der Waals surface area contributed by atoms with Crippen LogP contribution in [0.15, 0.2) is 18.3 Å². The van der Waals surface area contributed by atoms with Crippen LogP contribution in [0.1, 0.15) is 33.3 Å². The summed E-state index contributed by atoms with van der Waals surface area (Å²) in [7, 11) is 0. The zero-order valence-corrected chi connectivity index (χ0v) is 10.8. The fraction of sp³-hybridized carbons (Fsp3) is 0.615. The minimum Gasteiger partial charge on any atom is -0.354 e. The van der Waals surface area contributed by atoms with Crippen molar-refractivity contribution in [3.63, 3.8) is 0 Å². The second-order valence-electron chi connectivity index (χ2n) is 4.87. The highest BCUT2D eigenvalue weighted by Gasteiger charge is 2.12. The molecule has 0 saturated heterocycles. The van der Waals surface area contributed by atoms with E-state index >= 15 is 0 Å². The maximum atomic E-state index is 5.56. The second kappa shape index (κ2) is 5.85. The predicted octanol–water partition coefficient (Wildman–Crippen LogP) is 2.41. The number of rotatable bonds is 5. The van der Waals surface area contributed by atoms with E-state index in [4.69, 9.17) is 5.73 Å². The Morgan fingerprint density at radius 3 is 2.31 bits per heavy atom. The van der Waals surface area contributed by atoms with Crippen LogP contribution in [0.4, 0.5) is 5.82 Å². The van der Waals surface area contributed by atoms with Crippen molar-refractivity contribution in [3.05, 3.63) is 23.9 Å². The molecule has 0 aliphatic carbocycles. The standard InChI is InChI=1S/C13H23N3/c1-10(2)9-16(11(3)4)13-6-5-12(7-14)8-15-13/h5-6,8,10-11H,7,9,14H2,1-4H3. The summed E-state index contributed by atoms with van der Waals surface area (Å²) in [6.07, 6.45) is 1.87. The summed E-state index contributed by atoms with van der Waals surface area (Å²) in [4.78, 5) is 6.79. The van der Waals surface area contributed by atoms with Crippen LogP contribution in [0.25, 0.3) is 0 Å². The molecule has 0 aliphatic rings. The molecule has 1 aromatic heterocycles. The zero-order valence-electron chi connectivity index (χ0n) is 10.8. The molecule has 90 valence electrons. The van der Waals surface area contributed by atoms with Crippen LogP contribution in [0.3, 0.4) is 0 Å². The van der Waals surface area contributed by atoms with Gasteiger partial charge in [-0.05, 0) is 31.4 Å². The number of aromatic nitrogens is 1. The number of pyridine rings is 1. The van der Waals surface area contributed by atoms with Crippen molar-refractivity contribution in [2.45, 2.75) is 40.3 Å². The third-order valence-corrected chi connectivity index (χ3v) is 2.52. The van der Waals surface area contributed by atoms with Crippen molar-refractivity contribution in [2.75, 3.05) is 11.4 Å². The Morgan fingerprint density at radius 2 is 1.94 bits per heavy atom. The van der Waals surface area contributed by atoms with Crippen molar-refractivity contribution in [1.82, 2.24) is 4.98 Å². The van der Waals surface area contributed by atoms with Crippen LogP contribution in [0, 0.1) is 5.92 Å². The van der Waals surface area contributed by atoms with Crippen molar-refractivity contribution in [1.29, 1.82) is 0 Å². The Hall–Kier alpha value is -1.09. The molecule has 0 radical (unpaired) electrons. The lowest BCUT2D eigenvalue weighted by Gasteiger charge is -2.29. The Morgan fingerprint density at radius 1 is 1.25 bits per heavy atom. The van der Waals surface area contributed by atoms with E-state index in [2.05, 4.69) is 49.7 Å². The summed E-state index contributed by atoms with van der Waals surface area (Å²) in [5, 5.41) is 0. The van der Waals surface area contributed by atoms with Crippen LogP contribution in [0.5, 0.6) is 0 Å². The Kier molecular flexibility index (Phi) is 4.74. The third-order valence-electron chi connectivity index (χ3n) is 2.52. The molecule has 0 bridgehead atoms. The fourth-order valence-corrected chi connectivity index (χ4v) is 1.67. The highest BCUT2D eigenvalue weighted by atomic mass is 15.2. The van der Waals surface area contributed by atoms with E-state index < -0.39 is 0 Å². The van der Waals surface area contributed by atoms with Gasteiger partial charge in [-0.2, -0.15) is 0 Å².